The molecule has 4 heterocycles. The summed E-state index contributed by atoms with van der Waals surface area (Å²) >= 11 is 0. The molecule has 0 saturated carbocycles. The number of hydrogen-bond acceptors (Lipinski definition) is 7. The van der Waals surface area contributed by atoms with Crippen molar-refractivity contribution in [1.29, 1.82) is 0 Å². The van der Waals surface area contributed by atoms with Gasteiger partial charge in [0.15, 0.2) is 0 Å². The van der Waals surface area contributed by atoms with E-state index in [4.69, 9.17) is 4.98 Å². The molecule has 28 heavy (non-hydrogen) atoms. The fraction of sp³-hybridized carbons (Fsp3) is 0.333. The van der Waals surface area contributed by atoms with Gasteiger partial charge in [0.1, 0.15) is 11.6 Å². The van der Waals surface area contributed by atoms with Crippen LogP contribution in [-0.2, 0) is 6.42 Å². The Bertz CT molecular complexity index is 864. The van der Waals surface area contributed by atoms with Crippen LogP contribution < -0.4 is 14.7 Å². The molecule has 1 aliphatic rings. The number of likely N-dealkylation sites (N-methyl/N-ethyl adjacent to an activating group) is 1. The topological polar surface area (TPSA) is 61.3 Å². The number of pyridine rings is 2. The zero-order valence-corrected chi connectivity index (χ0v) is 16.1. The Labute approximate surface area is 165 Å². The van der Waals surface area contributed by atoms with Gasteiger partial charge < -0.3 is 14.7 Å². The summed E-state index contributed by atoms with van der Waals surface area (Å²) in [4.78, 5) is 24.5. The Hall–Kier alpha value is -3.22. The average Bonchev–Trinajstić information content (AvgIpc) is 2.79. The van der Waals surface area contributed by atoms with Crippen molar-refractivity contribution in [2.24, 2.45) is 0 Å². The molecule has 0 aliphatic carbocycles. The fourth-order valence-electron chi connectivity index (χ4n) is 3.35. The molecule has 0 spiro atoms. The molecule has 7 heteroatoms. The lowest BCUT2D eigenvalue weighted by Crippen LogP contribution is -2.47. The maximum absolute atomic E-state index is 4.80. The van der Waals surface area contributed by atoms with Crippen molar-refractivity contribution in [2.75, 3.05) is 54.5 Å². The van der Waals surface area contributed by atoms with Gasteiger partial charge in [0.25, 0.3) is 0 Å². The molecule has 0 bridgehead atoms. The lowest BCUT2D eigenvalue weighted by atomic mass is 10.2. The van der Waals surface area contributed by atoms with Gasteiger partial charge in [0.05, 0.1) is 0 Å². The van der Waals surface area contributed by atoms with Gasteiger partial charge in [-0.05, 0) is 42.3 Å². The molecule has 0 atom stereocenters. The van der Waals surface area contributed by atoms with Crippen molar-refractivity contribution in [3.63, 3.8) is 0 Å². The largest absolute Gasteiger partial charge is 0.353 e. The molecule has 1 saturated heterocycles. The predicted octanol–water partition coefficient (Wildman–Crippen LogP) is 2.27. The van der Waals surface area contributed by atoms with E-state index < -0.39 is 0 Å². The van der Waals surface area contributed by atoms with Gasteiger partial charge in [-0.15, -0.1) is 0 Å². The lowest BCUT2D eigenvalue weighted by Gasteiger charge is -2.36. The molecule has 1 aliphatic heterocycles. The molecule has 0 unspecified atom stereocenters. The SMILES string of the molecule is CN(CCc1ccncc1)c1nccc(N2CCN(c3ccccn3)CC2)n1. The van der Waals surface area contributed by atoms with Gasteiger partial charge in [0, 0.05) is 64.6 Å². The zero-order valence-electron chi connectivity index (χ0n) is 16.1. The molecule has 1 fully saturated rings. The molecule has 0 N–H and O–H groups in total. The quantitative estimate of drug-likeness (QED) is 0.655. The summed E-state index contributed by atoms with van der Waals surface area (Å²) in [5, 5.41) is 0. The van der Waals surface area contributed by atoms with Crippen molar-refractivity contribution in [3.05, 3.63) is 66.7 Å². The van der Waals surface area contributed by atoms with E-state index >= 15 is 0 Å². The number of aromatic nitrogens is 4. The molecule has 7 nitrogen and oxygen atoms in total. The molecule has 3 aromatic rings. The molecule has 144 valence electrons. The summed E-state index contributed by atoms with van der Waals surface area (Å²) in [6, 6.07) is 12.1. The number of anilines is 3. The van der Waals surface area contributed by atoms with Crippen LogP contribution in [0.25, 0.3) is 0 Å². The van der Waals surface area contributed by atoms with E-state index in [1.165, 1.54) is 5.56 Å². The van der Waals surface area contributed by atoms with E-state index in [1.54, 1.807) is 0 Å². The third-order valence-electron chi connectivity index (χ3n) is 5.03. The summed E-state index contributed by atoms with van der Waals surface area (Å²) in [5.41, 5.74) is 1.27. The van der Waals surface area contributed by atoms with Crippen molar-refractivity contribution in [1.82, 2.24) is 19.9 Å². The van der Waals surface area contributed by atoms with E-state index in [2.05, 4.69) is 35.7 Å². The van der Waals surface area contributed by atoms with E-state index in [-0.39, 0.29) is 0 Å². The molecular formula is C21H25N7. The first kappa shape index (κ1) is 18.2. The third-order valence-corrected chi connectivity index (χ3v) is 5.03. The Morgan fingerprint density at radius 2 is 1.57 bits per heavy atom. The van der Waals surface area contributed by atoms with Gasteiger partial charge in [-0.2, -0.15) is 4.98 Å². The maximum atomic E-state index is 4.80. The van der Waals surface area contributed by atoms with Crippen molar-refractivity contribution >= 4 is 17.6 Å². The summed E-state index contributed by atoms with van der Waals surface area (Å²) < 4.78 is 0. The van der Waals surface area contributed by atoms with Gasteiger partial charge in [-0.25, -0.2) is 9.97 Å². The first-order valence-electron chi connectivity index (χ1n) is 9.63. The van der Waals surface area contributed by atoms with Gasteiger partial charge in [0.2, 0.25) is 5.95 Å². The second-order valence-corrected chi connectivity index (χ2v) is 6.90. The summed E-state index contributed by atoms with van der Waals surface area (Å²) in [7, 11) is 2.04. The van der Waals surface area contributed by atoms with Crippen LogP contribution in [0.15, 0.2) is 61.2 Å². The minimum atomic E-state index is 0.763. The van der Waals surface area contributed by atoms with Gasteiger partial charge in [-0.3, -0.25) is 4.98 Å². The molecule has 4 rings (SSSR count). The molecule has 3 aromatic heterocycles. The number of hydrogen-bond donors (Lipinski definition) is 0. The fourth-order valence-corrected chi connectivity index (χ4v) is 3.35. The first-order valence-corrected chi connectivity index (χ1v) is 9.63. The standard InChI is InChI=1S/C21H25N7/c1-26(13-8-18-5-10-22-11-6-18)21-24-12-7-20(25-21)28-16-14-27(15-17-28)19-4-2-3-9-23-19/h2-7,9-12H,8,13-17H2,1H3. The highest BCUT2D eigenvalue weighted by Gasteiger charge is 2.19. The highest BCUT2D eigenvalue weighted by Crippen LogP contribution is 2.19. The second kappa shape index (κ2) is 8.65. The summed E-state index contributed by atoms with van der Waals surface area (Å²) in [6.45, 7) is 4.59. The van der Waals surface area contributed by atoms with Crippen molar-refractivity contribution in [3.8, 4) is 0 Å². The van der Waals surface area contributed by atoms with Crippen molar-refractivity contribution < 1.29 is 0 Å². The smallest absolute Gasteiger partial charge is 0.227 e. The maximum Gasteiger partial charge on any atom is 0.227 e. The van der Waals surface area contributed by atoms with Crippen LogP contribution >= 0.6 is 0 Å². The van der Waals surface area contributed by atoms with E-state index in [9.17, 15) is 0 Å². The molecular weight excluding hydrogens is 350 g/mol. The Balaban J connectivity index is 1.36. The van der Waals surface area contributed by atoms with Gasteiger partial charge >= 0.3 is 0 Å². The minimum Gasteiger partial charge on any atom is -0.353 e. The first-order chi connectivity index (χ1) is 13.8. The third kappa shape index (κ3) is 4.36. The minimum absolute atomic E-state index is 0.763. The van der Waals surface area contributed by atoms with Crippen LogP contribution in [-0.4, -0.2) is 59.7 Å². The van der Waals surface area contributed by atoms with E-state index in [1.807, 2.05) is 62.2 Å². The second-order valence-electron chi connectivity index (χ2n) is 6.90. The monoisotopic (exact) mass is 375 g/mol. The number of piperazine rings is 1. The van der Waals surface area contributed by atoms with E-state index in [0.717, 1.165) is 56.7 Å². The van der Waals surface area contributed by atoms with E-state index in [0.29, 0.717) is 0 Å². The molecule has 0 aromatic carbocycles. The Morgan fingerprint density at radius 3 is 2.29 bits per heavy atom. The summed E-state index contributed by atoms with van der Waals surface area (Å²) in [5.74, 6) is 2.79. The number of rotatable bonds is 6. The van der Waals surface area contributed by atoms with Crippen LogP contribution in [0.4, 0.5) is 17.6 Å². The highest BCUT2D eigenvalue weighted by atomic mass is 15.3. The average molecular weight is 375 g/mol. The van der Waals surface area contributed by atoms with Crippen molar-refractivity contribution in [2.45, 2.75) is 6.42 Å². The highest BCUT2D eigenvalue weighted by molar-refractivity contribution is 5.47. The van der Waals surface area contributed by atoms with Crippen LogP contribution in [0.3, 0.4) is 0 Å². The van der Waals surface area contributed by atoms with Crippen LogP contribution in [0.2, 0.25) is 0 Å². The van der Waals surface area contributed by atoms with Crippen LogP contribution in [0, 0.1) is 0 Å². The zero-order chi connectivity index (χ0) is 19.2. The van der Waals surface area contributed by atoms with Crippen LogP contribution in [0.5, 0.6) is 0 Å². The van der Waals surface area contributed by atoms with Gasteiger partial charge in [-0.1, -0.05) is 6.07 Å². The Kier molecular flexibility index (Phi) is 5.61. The lowest BCUT2D eigenvalue weighted by molar-refractivity contribution is 0.640. The van der Waals surface area contributed by atoms with Crippen LogP contribution in [0.1, 0.15) is 5.56 Å². The normalized spacial score (nSPS) is 14.2. The number of nitrogens with zero attached hydrogens (tertiary/aromatic N) is 7. The molecule has 0 radical (unpaired) electrons. The predicted molar refractivity (Wildman–Crippen MR) is 112 cm³/mol. The molecule has 0 amide bonds. The Morgan fingerprint density at radius 1 is 0.821 bits per heavy atom. The summed E-state index contributed by atoms with van der Waals surface area (Å²) in [6.07, 6.45) is 8.30.